The van der Waals surface area contributed by atoms with Crippen LogP contribution in [0.3, 0.4) is 0 Å². The number of ether oxygens (including phenoxy) is 1. The molecule has 1 aliphatic rings. The van der Waals surface area contributed by atoms with Gasteiger partial charge in [0.05, 0.1) is 21.5 Å². The predicted molar refractivity (Wildman–Crippen MR) is 138 cm³/mol. The second-order valence-electron chi connectivity index (χ2n) is 8.39. The van der Waals surface area contributed by atoms with Crippen LogP contribution in [0.5, 0.6) is 5.75 Å². The van der Waals surface area contributed by atoms with Gasteiger partial charge in [-0.3, -0.25) is 0 Å². The first-order chi connectivity index (χ1) is 16.4. The molecule has 3 N–H and O–H groups in total. The molecule has 4 rings (SSSR count). The number of hydrogen-bond acceptors (Lipinski definition) is 5. The van der Waals surface area contributed by atoms with Gasteiger partial charge in [0.25, 0.3) is 0 Å². The fourth-order valence-corrected chi connectivity index (χ4v) is 5.48. The summed E-state index contributed by atoms with van der Waals surface area (Å²) in [5.74, 6) is 0.678. The second kappa shape index (κ2) is 11.7. The summed E-state index contributed by atoms with van der Waals surface area (Å²) in [4.78, 5) is 5.83. The molecular weight excluding hydrogens is 495 g/mol. The third-order valence-electron chi connectivity index (χ3n) is 5.95. The molecule has 0 atom stereocenters. The van der Waals surface area contributed by atoms with Crippen molar-refractivity contribution in [2.24, 2.45) is 0 Å². The molecule has 1 saturated heterocycles. The molecule has 1 aromatic heterocycles. The molecule has 0 spiro atoms. The number of halogens is 2. The summed E-state index contributed by atoms with van der Waals surface area (Å²) in [7, 11) is -3.58. The minimum absolute atomic E-state index is 0.231. The van der Waals surface area contributed by atoms with Crippen LogP contribution in [0.25, 0.3) is 10.9 Å². The highest BCUT2D eigenvalue weighted by molar-refractivity contribution is 7.89. The molecule has 0 bridgehead atoms. The lowest BCUT2D eigenvalue weighted by Gasteiger charge is -2.26. The number of H-pyrrole nitrogens is 1. The maximum Gasteiger partial charge on any atom is 0.240 e. The number of aromatic nitrogens is 1. The molecular formula is C24H30Cl2N4O3S. The maximum absolute atomic E-state index is 12.6. The van der Waals surface area contributed by atoms with Gasteiger partial charge in [-0.2, -0.15) is 0 Å². The van der Waals surface area contributed by atoms with Crippen LogP contribution in [0, 0.1) is 0 Å². The molecule has 0 amide bonds. The van der Waals surface area contributed by atoms with E-state index in [9.17, 15) is 8.42 Å². The molecule has 7 nitrogen and oxygen atoms in total. The topological polar surface area (TPSA) is 86.5 Å². The summed E-state index contributed by atoms with van der Waals surface area (Å²) < 4.78 is 33.7. The lowest BCUT2D eigenvalue weighted by molar-refractivity contribution is 0.214. The average Bonchev–Trinajstić information content (AvgIpc) is 3.22. The highest BCUT2D eigenvalue weighted by Gasteiger charge is 2.14. The Morgan fingerprint density at radius 3 is 2.53 bits per heavy atom. The van der Waals surface area contributed by atoms with Crippen molar-refractivity contribution >= 4 is 44.1 Å². The molecule has 2 aromatic carbocycles. The number of fused-ring (bicyclic) bond motifs is 1. The smallest absolute Gasteiger partial charge is 0.240 e. The largest absolute Gasteiger partial charge is 0.494 e. The number of piperazine rings is 1. The highest BCUT2D eigenvalue weighted by Crippen LogP contribution is 2.29. The molecule has 2 heterocycles. The number of aryl methyl sites for hydroxylation is 1. The molecule has 0 unspecified atom stereocenters. The lowest BCUT2D eigenvalue weighted by atomic mass is 10.1. The van der Waals surface area contributed by atoms with Crippen molar-refractivity contribution in [2.75, 3.05) is 45.9 Å². The van der Waals surface area contributed by atoms with Crippen LogP contribution < -0.4 is 14.8 Å². The zero-order chi connectivity index (χ0) is 24.0. The van der Waals surface area contributed by atoms with E-state index in [2.05, 4.69) is 19.9 Å². The summed E-state index contributed by atoms with van der Waals surface area (Å²) in [6.45, 7) is 6.18. The average molecular weight is 526 g/mol. The number of hydrogen-bond donors (Lipinski definition) is 3. The number of sulfonamides is 1. The highest BCUT2D eigenvalue weighted by atomic mass is 35.5. The monoisotopic (exact) mass is 524 g/mol. The van der Waals surface area contributed by atoms with Crippen molar-refractivity contribution in [1.82, 2.24) is 19.9 Å². The summed E-state index contributed by atoms with van der Waals surface area (Å²) >= 11 is 12.2. The molecule has 0 aliphatic carbocycles. The molecule has 184 valence electrons. The molecule has 3 aromatic rings. The van der Waals surface area contributed by atoms with Gasteiger partial charge in [0, 0.05) is 56.4 Å². The summed E-state index contributed by atoms with van der Waals surface area (Å²) in [5.41, 5.74) is 1.99. The van der Waals surface area contributed by atoms with Gasteiger partial charge in [-0.25, -0.2) is 13.1 Å². The maximum atomic E-state index is 12.6. The van der Waals surface area contributed by atoms with Crippen molar-refractivity contribution in [1.29, 1.82) is 0 Å². The van der Waals surface area contributed by atoms with Gasteiger partial charge in [-0.1, -0.05) is 23.2 Å². The van der Waals surface area contributed by atoms with Gasteiger partial charge in [-0.05, 0) is 61.2 Å². The standard InChI is InChI=1S/C24H30Cl2N4O3S/c25-22-15-21-18(17-28-24(21)16-23(22)26)3-1-8-29-34(31,32)20-6-4-19(5-7-20)33-14-2-11-30-12-9-27-10-13-30/h4-7,15-17,27-29H,1-3,8-14H2. The normalized spacial score (nSPS) is 15.1. The number of rotatable bonds is 11. The number of benzene rings is 2. The Balaban J connectivity index is 1.21. The van der Waals surface area contributed by atoms with Crippen LogP contribution in [0.1, 0.15) is 18.4 Å². The van der Waals surface area contributed by atoms with E-state index < -0.39 is 10.0 Å². The fourth-order valence-electron chi connectivity index (χ4n) is 4.08. The van der Waals surface area contributed by atoms with Crippen molar-refractivity contribution in [2.45, 2.75) is 24.2 Å². The lowest BCUT2D eigenvalue weighted by Crippen LogP contribution is -2.43. The number of nitrogens with zero attached hydrogens (tertiary/aromatic N) is 1. The van der Waals surface area contributed by atoms with Gasteiger partial charge in [0.2, 0.25) is 10.0 Å². The molecule has 10 heteroatoms. The minimum atomic E-state index is -3.58. The molecule has 1 aliphatic heterocycles. The Kier molecular flexibility index (Phi) is 8.74. The van der Waals surface area contributed by atoms with Crippen molar-refractivity contribution in [3.8, 4) is 5.75 Å². The third-order valence-corrected chi connectivity index (χ3v) is 8.15. The van der Waals surface area contributed by atoms with E-state index in [0.717, 1.165) is 55.6 Å². The van der Waals surface area contributed by atoms with Gasteiger partial charge in [0.1, 0.15) is 5.75 Å². The molecule has 34 heavy (non-hydrogen) atoms. The van der Waals surface area contributed by atoms with Gasteiger partial charge in [-0.15, -0.1) is 0 Å². The predicted octanol–water partition coefficient (Wildman–Crippen LogP) is 4.06. The van der Waals surface area contributed by atoms with Crippen LogP contribution in [0.4, 0.5) is 0 Å². The summed E-state index contributed by atoms with van der Waals surface area (Å²) in [5, 5.41) is 5.35. The van der Waals surface area contributed by atoms with Crippen LogP contribution in [0.2, 0.25) is 10.0 Å². The molecule has 1 fully saturated rings. The van der Waals surface area contributed by atoms with Crippen molar-refractivity contribution < 1.29 is 13.2 Å². The Bertz CT molecular complexity index is 1190. The minimum Gasteiger partial charge on any atom is -0.494 e. The summed E-state index contributed by atoms with van der Waals surface area (Å²) in [6.07, 6.45) is 4.22. The van der Waals surface area contributed by atoms with E-state index in [1.54, 1.807) is 30.3 Å². The van der Waals surface area contributed by atoms with Gasteiger partial charge < -0.3 is 19.9 Å². The molecule has 0 radical (unpaired) electrons. The SMILES string of the molecule is O=S(=O)(NCCCc1c[nH]c2cc(Cl)c(Cl)cc12)c1ccc(OCCCN2CCNCC2)cc1. The fraction of sp³-hybridized carbons (Fsp3) is 0.417. The number of aromatic amines is 1. The van der Waals surface area contributed by atoms with Crippen LogP contribution in [-0.4, -0.2) is 64.2 Å². The van der Waals surface area contributed by atoms with E-state index in [0.29, 0.717) is 41.8 Å². The molecule has 0 saturated carbocycles. The van der Waals surface area contributed by atoms with E-state index in [1.165, 1.54) is 0 Å². The second-order valence-corrected chi connectivity index (χ2v) is 11.0. The Labute approximate surface area is 210 Å². The van der Waals surface area contributed by atoms with E-state index in [1.807, 2.05) is 12.3 Å². The third kappa shape index (κ3) is 6.65. The Morgan fingerprint density at radius 2 is 1.76 bits per heavy atom. The Hall–Kier alpha value is -1.81. The van der Waals surface area contributed by atoms with Gasteiger partial charge in [0.15, 0.2) is 0 Å². The van der Waals surface area contributed by atoms with E-state index in [-0.39, 0.29) is 4.90 Å². The van der Waals surface area contributed by atoms with Gasteiger partial charge >= 0.3 is 0 Å². The quantitative estimate of drug-likeness (QED) is 0.329. The van der Waals surface area contributed by atoms with E-state index >= 15 is 0 Å². The zero-order valence-corrected chi connectivity index (χ0v) is 21.3. The van der Waals surface area contributed by atoms with Crippen LogP contribution >= 0.6 is 23.2 Å². The first-order valence-corrected chi connectivity index (χ1v) is 13.8. The van der Waals surface area contributed by atoms with E-state index in [4.69, 9.17) is 27.9 Å². The Morgan fingerprint density at radius 1 is 1.03 bits per heavy atom. The number of nitrogens with one attached hydrogen (secondary N) is 3. The van der Waals surface area contributed by atoms with Crippen LogP contribution in [-0.2, 0) is 16.4 Å². The zero-order valence-electron chi connectivity index (χ0n) is 18.9. The summed E-state index contributed by atoms with van der Waals surface area (Å²) in [6, 6.07) is 10.2. The van der Waals surface area contributed by atoms with Crippen molar-refractivity contribution in [3.63, 3.8) is 0 Å². The first-order valence-electron chi connectivity index (χ1n) is 11.5. The van der Waals surface area contributed by atoms with Crippen molar-refractivity contribution in [3.05, 3.63) is 58.2 Å². The van der Waals surface area contributed by atoms with Crippen LogP contribution in [0.15, 0.2) is 47.5 Å². The first kappa shape index (κ1) is 25.3.